The minimum absolute atomic E-state index is 0.204. The molecule has 2 rings (SSSR count). The zero-order valence-corrected chi connectivity index (χ0v) is 10.4. The standard InChI is InChI=1S/C12H14N4O3/c1-2-3-11-14-15-12(19)16(11)13-7-8-4-5-9(17)10(18)6-8/h4-7,17-18H,2-3H2,1H3,(H,15,19)/b13-7+. The summed E-state index contributed by atoms with van der Waals surface area (Å²) in [6.07, 6.45) is 2.89. The van der Waals surface area contributed by atoms with Gasteiger partial charge in [0.05, 0.1) is 6.21 Å². The number of H-pyrrole nitrogens is 1. The van der Waals surface area contributed by atoms with Crippen molar-refractivity contribution in [3.63, 3.8) is 0 Å². The second kappa shape index (κ2) is 5.38. The molecular weight excluding hydrogens is 248 g/mol. The first kappa shape index (κ1) is 12.9. The second-order valence-electron chi connectivity index (χ2n) is 4.00. The number of rotatable bonds is 4. The maximum absolute atomic E-state index is 11.5. The monoisotopic (exact) mass is 262 g/mol. The molecule has 19 heavy (non-hydrogen) atoms. The zero-order valence-electron chi connectivity index (χ0n) is 10.4. The Labute approximate surface area is 108 Å². The molecule has 0 bridgehead atoms. The summed E-state index contributed by atoms with van der Waals surface area (Å²) in [5, 5.41) is 28.8. The van der Waals surface area contributed by atoms with E-state index in [9.17, 15) is 15.0 Å². The number of nitrogens with one attached hydrogen (secondary N) is 1. The molecule has 0 amide bonds. The Hall–Kier alpha value is -2.57. The van der Waals surface area contributed by atoms with E-state index in [0.29, 0.717) is 17.8 Å². The normalized spacial score (nSPS) is 11.2. The van der Waals surface area contributed by atoms with Crippen molar-refractivity contribution >= 4 is 6.21 Å². The van der Waals surface area contributed by atoms with Crippen molar-refractivity contribution < 1.29 is 10.2 Å². The molecule has 100 valence electrons. The van der Waals surface area contributed by atoms with Crippen LogP contribution in [0.4, 0.5) is 0 Å². The van der Waals surface area contributed by atoms with Crippen LogP contribution in [0.2, 0.25) is 0 Å². The van der Waals surface area contributed by atoms with Crippen molar-refractivity contribution in [1.82, 2.24) is 14.9 Å². The van der Waals surface area contributed by atoms with Gasteiger partial charge in [-0.25, -0.2) is 9.89 Å². The number of aromatic nitrogens is 3. The lowest BCUT2D eigenvalue weighted by atomic mass is 10.2. The molecular formula is C12H14N4O3. The fourth-order valence-electron chi connectivity index (χ4n) is 1.57. The molecule has 1 heterocycles. The Morgan fingerprint density at radius 3 is 2.89 bits per heavy atom. The third-order valence-corrected chi connectivity index (χ3v) is 2.51. The third-order valence-electron chi connectivity index (χ3n) is 2.51. The van der Waals surface area contributed by atoms with Gasteiger partial charge in [0, 0.05) is 6.42 Å². The minimum atomic E-state index is -0.414. The molecule has 2 aromatic rings. The molecule has 7 nitrogen and oxygen atoms in total. The van der Waals surface area contributed by atoms with Crippen LogP contribution in [0.1, 0.15) is 24.7 Å². The fourth-order valence-corrected chi connectivity index (χ4v) is 1.57. The highest BCUT2D eigenvalue weighted by Gasteiger charge is 2.05. The Morgan fingerprint density at radius 2 is 2.21 bits per heavy atom. The average Bonchev–Trinajstić information content (AvgIpc) is 2.73. The molecule has 0 fully saturated rings. The molecule has 0 unspecified atom stereocenters. The number of nitrogens with zero attached hydrogens (tertiary/aromatic N) is 3. The molecule has 3 N–H and O–H groups in total. The van der Waals surface area contributed by atoms with E-state index in [1.807, 2.05) is 6.92 Å². The summed E-state index contributed by atoms with van der Waals surface area (Å²) in [4.78, 5) is 11.5. The minimum Gasteiger partial charge on any atom is -0.504 e. The van der Waals surface area contributed by atoms with Gasteiger partial charge in [0.15, 0.2) is 17.3 Å². The number of phenolic OH excluding ortho intramolecular Hbond substituents is 2. The largest absolute Gasteiger partial charge is 0.504 e. The first-order valence-corrected chi connectivity index (χ1v) is 5.84. The van der Waals surface area contributed by atoms with Crippen LogP contribution in [0.5, 0.6) is 11.5 Å². The molecule has 1 aromatic heterocycles. The van der Waals surface area contributed by atoms with Crippen LogP contribution in [-0.4, -0.2) is 31.3 Å². The van der Waals surface area contributed by atoms with E-state index in [0.717, 1.165) is 6.42 Å². The van der Waals surface area contributed by atoms with E-state index < -0.39 is 5.69 Å². The maximum Gasteiger partial charge on any atom is 0.364 e. The molecule has 0 atom stereocenters. The van der Waals surface area contributed by atoms with Crippen molar-refractivity contribution in [3.05, 3.63) is 40.1 Å². The van der Waals surface area contributed by atoms with Crippen LogP contribution in [0, 0.1) is 0 Å². The summed E-state index contributed by atoms with van der Waals surface area (Å²) < 4.78 is 1.17. The van der Waals surface area contributed by atoms with Crippen molar-refractivity contribution in [1.29, 1.82) is 0 Å². The van der Waals surface area contributed by atoms with Crippen LogP contribution in [0.15, 0.2) is 28.1 Å². The van der Waals surface area contributed by atoms with E-state index in [1.54, 1.807) is 6.07 Å². The number of aryl methyl sites for hydroxylation is 1. The molecule has 0 aliphatic rings. The molecule has 0 aliphatic heterocycles. The summed E-state index contributed by atoms with van der Waals surface area (Å²) in [6.45, 7) is 1.98. The number of hydrogen-bond donors (Lipinski definition) is 3. The number of hydrogen-bond acceptors (Lipinski definition) is 5. The lowest BCUT2D eigenvalue weighted by molar-refractivity contribution is 0.403. The first-order valence-electron chi connectivity index (χ1n) is 5.84. The Morgan fingerprint density at radius 1 is 1.42 bits per heavy atom. The number of aromatic hydroxyl groups is 2. The Bertz CT molecular complexity index is 657. The van der Waals surface area contributed by atoms with Crippen LogP contribution in [-0.2, 0) is 6.42 Å². The lowest BCUT2D eigenvalue weighted by Crippen LogP contribution is -2.14. The summed E-state index contributed by atoms with van der Waals surface area (Å²) in [5.41, 5.74) is 0.147. The SMILES string of the molecule is CCCc1n[nH]c(=O)n1/N=C/c1ccc(O)c(O)c1. The molecule has 0 aliphatic carbocycles. The van der Waals surface area contributed by atoms with Gasteiger partial charge in [-0.05, 0) is 30.2 Å². The van der Waals surface area contributed by atoms with Gasteiger partial charge in [-0.2, -0.15) is 14.9 Å². The molecule has 7 heteroatoms. The maximum atomic E-state index is 11.5. The highest BCUT2D eigenvalue weighted by atomic mass is 16.3. The van der Waals surface area contributed by atoms with Gasteiger partial charge in [0.1, 0.15) is 0 Å². The third kappa shape index (κ3) is 2.82. The van der Waals surface area contributed by atoms with E-state index in [2.05, 4.69) is 15.3 Å². The van der Waals surface area contributed by atoms with Crippen LogP contribution in [0.3, 0.4) is 0 Å². The molecule has 0 spiro atoms. The predicted molar refractivity (Wildman–Crippen MR) is 69.6 cm³/mol. The molecule has 1 aromatic carbocycles. The number of benzene rings is 1. The quantitative estimate of drug-likeness (QED) is 0.560. The highest BCUT2D eigenvalue weighted by molar-refractivity contribution is 5.80. The fraction of sp³-hybridized carbons (Fsp3) is 0.250. The van der Waals surface area contributed by atoms with E-state index >= 15 is 0 Å². The van der Waals surface area contributed by atoms with Gasteiger partial charge in [0.25, 0.3) is 0 Å². The van der Waals surface area contributed by atoms with Crippen molar-refractivity contribution in [2.45, 2.75) is 19.8 Å². The van der Waals surface area contributed by atoms with Gasteiger partial charge < -0.3 is 10.2 Å². The predicted octanol–water partition coefficient (Wildman–Crippen LogP) is 0.817. The van der Waals surface area contributed by atoms with Gasteiger partial charge in [-0.3, -0.25) is 0 Å². The van der Waals surface area contributed by atoms with Crippen LogP contribution in [0.25, 0.3) is 0 Å². The number of aromatic amines is 1. The van der Waals surface area contributed by atoms with Crippen LogP contribution < -0.4 is 5.69 Å². The second-order valence-corrected chi connectivity index (χ2v) is 4.00. The van der Waals surface area contributed by atoms with Gasteiger partial charge in [-0.15, -0.1) is 0 Å². The van der Waals surface area contributed by atoms with Gasteiger partial charge in [0.2, 0.25) is 0 Å². The summed E-state index contributed by atoms with van der Waals surface area (Å²) in [5.74, 6) is 0.105. The lowest BCUT2D eigenvalue weighted by Gasteiger charge is -1.99. The first-order chi connectivity index (χ1) is 9.11. The van der Waals surface area contributed by atoms with Crippen molar-refractivity contribution in [2.75, 3.05) is 0 Å². The van der Waals surface area contributed by atoms with Gasteiger partial charge in [-0.1, -0.05) is 6.92 Å². The van der Waals surface area contributed by atoms with Gasteiger partial charge >= 0.3 is 5.69 Å². The average molecular weight is 262 g/mol. The van der Waals surface area contributed by atoms with E-state index in [1.165, 1.54) is 23.0 Å². The van der Waals surface area contributed by atoms with Crippen molar-refractivity contribution in [2.24, 2.45) is 5.10 Å². The topological polar surface area (TPSA) is 104 Å². The zero-order chi connectivity index (χ0) is 13.8. The smallest absolute Gasteiger partial charge is 0.364 e. The highest BCUT2D eigenvalue weighted by Crippen LogP contribution is 2.23. The Kier molecular flexibility index (Phi) is 3.65. The Balaban J connectivity index is 2.29. The molecule has 0 saturated heterocycles. The molecule has 0 radical (unpaired) electrons. The summed E-state index contributed by atoms with van der Waals surface area (Å²) in [7, 11) is 0. The number of phenols is 2. The van der Waals surface area contributed by atoms with E-state index in [4.69, 9.17) is 0 Å². The summed E-state index contributed by atoms with van der Waals surface area (Å²) in [6, 6.07) is 4.27. The molecule has 0 saturated carbocycles. The summed E-state index contributed by atoms with van der Waals surface area (Å²) >= 11 is 0. The van der Waals surface area contributed by atoms with E-state index in [-0.39, 0.29) is 11.5 Å². The van der Waals surface area contributed by atoms with Crippen LogP contribution >= 0.6 is 0 Å². The van der Waals surface area contributed by atoms with Crippen molar-refractivity contribution in [3.8, 4) is 11.5 Å².